The Bertz CT molecular complexity index is 1420. The number of hydrogen-bond acceptors (Lipinski definition) is 4. The van der Waals surface area contributed by atoms with Crippen LogP contribution < -0.4 is 5.32 Å². The van der Waals surface area contributed by atoms with Crippen molar-refractivity contribution in [2.75, 3.05) is 13.7 Å². The first-order valence-corrected chi connectivity index (χ1v) is 27.9. The predicted octanol–water partition coefficient (Wildman–Crippen LogP) is 13.3. The minimum Gasteiger partial charge on any atom is -0.381 e. The normalized spacial score (nSPS) is 50.0. The van der Waals surface area contributed by atoms with E-state index in [1.165, 1.54) is 161 Å². The van der Waals surface area contributed by atoms with Gasteiger partial charge in [-0.05, 0) is 217 Å². The number of fused-ring (bicyclic) bond motifs is 7. The number of ether oxygens (including phenoxy) is 1. The summed E-state index contributed by atoms with van der Waals surface area (Å²) in [6.07, 6.45) is 40.1. The number of methoxy groups -OCH3 is 1. The molecule has 1 aliphatic heterocycles. The molecule has 17 unspecified atom stereocenters. The Morgan fingerprint density at radius 2 is 0.933 bits per heavy atom. The standard InChI is InChI=1S/C56H97N3O/c1-8-36-18-26-45-47-28-22-42(34-51(47)55(3,4)49(45)31-36)58(39-20-24-44(60-7)25-21-39)40-15-11-16-41(33-40)59(53-17-10-13-38-14-12-30-57-54(38)53)43-23-29-48-46-27-19-37(9-2)32-50(46)56(5,6)52(48)35-43/h36-54,57H,8-35H2,1-7H3. The number of rotatable bonds is 9. The van der Waals surface area contributed by atoms with Gasteiger partial charge in [0.15, 0.2) is 0 Å². The molecule has 1 saturated heterocycles. The maximum absolute atomic E-state index is 6.05. The van der Waals surface area contributed by atoms with Crippen LogP contribution in [0.3, 0.4) is 0 Å². The molecule has 1 heterocycles. The zero-order chi connectivity index (χ0) is 41.3. The third-order valence-electron chi connectivity index (χ3n) is 23.1. The molecular weight excluding hydrogens is 731 g/mol. The molecule has 60 heavy (non-hydrogen) atoms. The van der Waals surface area contributed by atoms with Gasteiger partial charge in [-0.2, -0.15) is 0 Å². The van der Waals surface area contributed by atoms with Crippen LogP contribution in [-0.4, -0.2) is 71.9 Å². The lowest BCUT2D eigenvalue weighted by molar-refractivity contribution is -0.0662. The van der Waals surface area contributed by atoms with Gasteiger partial charge in [-0.25, -0.2) is 0 Å². The first kappa shape index (κ1) is 43.7. The molecule has 0 bridgehead atoms. The van der Waals surface area contributed by atoms with Crippen LogP contribution in [0.2, 0.25) is 0 Å². The Balaban J connectivity index is 0.935. The number of nitrogens with one attached hydrogen (secondary N) is 1. The second kappa shape index (κ2) is 17.9. The first-order chi connectivity index (χ1) is 29.1. The van der Waals surface area contributed by atoms with Crippen molar-refractivity contribution in [1.29, 1.82) is 0 Å². The maximum Gasteiger partial charge on any atom is 0.0572 e. The molecule has 1 N–H and O–H groups in total. The quantitative estimate of drug-likeness (QED) is 0.251. The van der Waals surface area contributed by atoms with Gasteiger partial charge in [-0.15, -0.1) is 0 Å². The summed E-state index contributed by atoms with van der Waals surface area (Å²) in [6.45, 7) is 17.3. The molecule has 4 nitrogen and oxygen atoms in total. The van der Waals surface area contributed by atoms with E-state index in [1.807, 2.05) is 7.11 Å². The second-order valence-electron chi connectivity index (χ2n) is 25.7. The second-order valence-corrected chi connectivity index (χ2v) is 25.7. The van der Waals surface area contributed by atoms with Crippen molar-refractivity contribution in [3.63, 3.8) is 0 Å². The maximum atomic E-state index is 6.05. The summed E-state index contributed by atoms with van der Waals surface area (Å²) in [7, 11) is 1.99. The number of hydrogen-bond donors (Lipinski definition) is 1. The minimum atomic E-state index is 0.491. The van der Waals surface area contributed by atoms with Gasteiger partial charge >= 0.3 is 0 Å². The highest BCUT2D eigenvalue weighted by atomic mass is 16.5. The Morgan fingerprint density at radius 3 is 1.50 bits per heavy atom. The average Bonchev–Trinajstić information content (AvgIpc) is 3.65. The molecule has 0 amide bonds. The van der Waals surface area contributed by atoms with E-state index < -0.39 is 0 Å². The van der Waals surface area contributed by atoms with Crippen LogP contribution in [0.1, 0.15) is 215 Å². The Labute approximate surface area is 371 Å². The molecule has 0 aromatic heterocycles. The van der Waals surface area contributed by atoms with Crippen molar-refractivity contribution in [2.45, 2.75) is 263 Å². The van der Waals surface area contributed by atoms with Gasteiger partial charge < -0.3 is 10.1 Å². The monoisotopic (exact) mass is 828 g/mol. The molecule has 0 aromatic carbocycles. The summed E-state index contributed by atoms with van der Waals surface area (Å²) < 4.78 is 6.05. The van der Waals surface area contributed by atoms with Gasteiger partial charge in [0.1, 0.15) is 0 Å². The van der Waals surface area contributed by atoms with Gasteiger partial charge in [0.05, 0.1) is 6.10 Å². The molecule has 4 heteroatoms. The highest BCUT2D eigenvalue weighted by Gasteiger charge is 2.60. The highest BCUT2D eigenvalue weighted by Crippen LogP contribution is 2.66. The summed E-state index contributed by atoms with van der Waals surface area (Å²) in [5, 5.41) is 4.28. The van der Waals surface area contributed by atoms with Crippen LogP contribution in [0.15, 0.2) is 0 Å². The molecule has 9 aliphatic carbocycles. The van der Waals surface area contributed by atoms with E-state index in [9.17, 15) is 0 Å². The van der Waals surface area contributed by atoms with E-state index in [1.54, 1.807) is 19.3 Å². The summed E-state index contributed by atoms with van der Waals surface area (Å²) >= 11 is 0. The van der Waals surface area contributed by atoms with Crippen LogP contribution in [0.25, 0.3) is 0 Å². The molecular formula is C56H97N3O. The van der Waals surface area contributed by atoms with Crippen molar-refractivity contribution >= 4 is 0 Å². The van der Waals surface area contributed by atoms with E-state index >= 15 is 0 Å². The SMILES string of the molecule is CCC1CCC2C3CCC(N(C4CCC(OC)CC4)C4CCCC(N(C5CCC6C7CCC(CC)CC7C(C)(C)C6C5)C5CCCC6CCCNC65)C4)CC3C(C)(C)C2C1. The molecule has 9 saturated carbocycles. The Kier molecular flexibility index (Phi) is 13.0. The molecule has 10 aliphatic rings. The van der Waals surface area contributed by atoms with Crippen LogP contribution >= 0.6 is 0 Å². The zero-order valence-corrected chi connectivity index (χ0v) is 40.6. The Morgan fingerprint density at radius 1 is 0.467 bits per heavy atom. The van der Waals surface area contributed by atoms with Gasteiger partial charge in [0.25, 0.3) is 0 Å². The van der Waals surface area contributed by atoms with Crippen molar-refractivity contribution in [3.05, 3.63) is 0 Å². The van der Waals surface area contributed by atoms with Gasteiger partial charge in [0.2, 0.25) is 0 Å². The highest BCUT2D eigenvalue weighted by molar-refractivity contribution is 5.11. The number of piperidine rings is 1. The van der Waals surface area contributed by atoms with Crippen molar-refractivity contribution in [1.82, 2.24) is 15.1 Å². The topological polar surface area (TPSA) is 27.7 Å². The fourth-order valence-electron chi connectivity index (χ4n) is 20.1. The minimum absolute atomic E-state index is 0.491. The zero-order valence-electron chi connectivity index (χ0n) is 40.6. The predicted molar refractivity (Wildman–Crippen MR) is 251 cm³/mol. The molecule has 342 valence electrons. The van der Waals surface area contributed by atoms with Gasteiger partial charge in [-0.1, -0.05) is 80.1 Å². The molecule has 0 radical (unpaired) electrons. The molecule has 0 aromatic rings. The Hall–Kier alpha value is -0.160. The van der Waals surface area contributed by atoms with Crippen molar-refractivity contribution < 1.29 is 4.74 Å². The lowest BCUT2D eigenvalue weighted by Gasteiger charge is -2.57. The third kappa shape index (κ3) is 7.79. The largest absolute Gasteiger partial charge is 0.381 e. The van der Waals surface area contributed by atoms with Gasteiger partial charge in [0, 0.05) is 49.4 Å². The molecule has 10 fully saturated rings. The number of nitrogens with zero attached hydrogens (tertiary/aromatic N) is 2. The lowest BCUT2D eigenvalue weighted by Crippen LogP contribution is -2.64. The average molecular weight is 828 g/mol. The third-order valence-corrected chi connectivity index (χ3v) is 23.1. The van der Waals surface area contributed by atoms with Crippen molar-refractivity contribution in [3.8, 4) is 0 Å². The van der Waals surface area contributed by atoms with Crippen LogP contribution in [-0.2, 0) is 4.74 Å². The fourth-order valence-corrected chi connectivity index (χ4v) is 20.1. The van der Waals surface area contributed by atoms with Crippen LogP contribution in [0, 0.1) is 75.9 Å². The molecule has 10 rings (SSSR count). The van der Waals surface area contributed by atoms with Gasteiger partial charge in [-0.3, -0.25) is 9.80 Å². The molecule has 17 atom stereocenters. The lowest BCUT2D eigenvalue weighted by atomic mass is 9.65. The van der Waals surface area contributed by atoms with Crippen LogP contribution in [0.5, 0.6) is 0 Å². The first-order valence-electron chi connectivity index (χ1n) is 27.9. The summed E-state index contributed by atoms with van der Waals surface area (Å²) in [4.78, 5) is 6.80. The van der Waals surface area contributed by atoms with E-state index in [0.717, 1.165) is 107 Å². The van der Waals surface area contributed by atoms with Crippen LogP contribution in [0.4, 0.5) is 0 Å². The van der Waals surface area contributed by atoms with E-state index in [-0.39, 0.29) is 0 Å². The van der Waals surface area contributed by atoms with E-state index in [0.29, 0.717) is 16.9 Å². The van der Waals surface area contributed by atoms with Crippen molar-refractivity contribution in [2.24, 2.45) is 75.9 Å². The summed E-state index contributed by atoms with van der Waals surface area (Å²) in [5.74, 6) is 10.8. The fraction of sp³-hybridized carbons (Fsp3) is 1.00. The van der Waals surface area contributed by atoms with E-state index in [4.69, 9.17) is 4.74 Å². The summed E-state index contributed by atoms with van der Waals surface area (Å²) in [6, 6.07) is 5.44. The smallest absolute Gasteiger partial charge is 0.0572 e. The van der Waals surface area contributed by atoms with E-state index in [2.05, 4.69) is 56.7 Å². The summed E-state index contributed by atoms with van der Waals surface area (Å²) in [5.41, 5.74) is 1.03. The molecule has 0 spiro atoms.